The Labute approximate surface area is 119 Å². The quantitative estimate of drug-likeness (QED) is 0.559. The van der Waals surface area contributed by atoms with Gasteiger partial charge in [0.25, 0.3) is 0 Å². The van der Waals surface area contributed by atoms with E-state index >= 15 is 0 Å². The predicted molar refractivity (Wildman–Crippen MR) is 87.9 cm³/mol. The topological polar surface area (TPSA) is 24.7 Å². The molecular formula is C18H16N2. The monoisotopic (exact) mass is 260 g/mol. The highest BCUT2D eigenvalue weighted by Gasteiger charge is 1.80. The molecule has 2 nitrogen and oxygen atoms in total. The summed E-state index contributed by atoms with van der Waals surface area (Å²) in [6, 6.07) is 20.2. The van der Waals surface area contributed by atoms with Crippen LogP contribution in [0.15, 0.2) is 83.0 Å². The minimum absolute atomic E-state index is 1.15. The van der Waals surface area contributed by atoms with Gasteiger partial charge in [-0.3, -0.25) is 0 Å². The van der Waals surface area contributed by atoms with Gasteiger partial charge in [0.05, 0.1) is 0 Å². The van der Waals surface area contributed by atoms with E-state index in [0.717, 1.165) is 11.1 Å². The molecule has 0 aromatic heterocycles. The molecule has 0 aliphatic carbocycles. The molecule has 0 aliphatic rings. The van der Waals surface area contributed by atoms with Gasteiger partial charge in [-0.25, -0.2) is 0 Å². The lowest BCUT2D eigenvalue weighted by atomic mass is 10.2. The average molecular weight is 260 g/mol. The van der Waals surface area contributed by atoms with Crippen molar-refractivity contribution in [1.29, 1.82) is 0 Å². The van der Waals surface area contributed by atoms with Crippen molar-refractivity contribution in [2.45, 2.75) is 0 Å². The van der Waals surface area contributed by atoms with Crippen LogP contribution >= 0.6 is 0 Å². The Morgan fingerprint density at radius 1 is 0.550 bits per heavy atom. The zero-order chi connectivity index (χ0) is 13.9. The standard InChI is InChI=1S/C18H16N2/c1-3-9-17(10-4-1)13-7-15-19-20-16-8-14-18-11-5-2-6-12-18/h1-16H/b13-7-,14-8-,19-15-,20-16+. The third-order valence-electron chi connectivity index (χ3n) is 2.55. The van der Waals surface area contributed by atoms with Crippen molar-refractivity contribution in [3.05, 3.63) is 83.9 Å². The number of rotatable bonds is 5. The molecule has 2 aromatic carbocycles. The lowest BCUT2D eigenvalue weighted by molar-refractivity contribution is 1.27. The van der Waals surface area contributed by atoms with Crippen LogP contribution in [-0.2, 0) is 0 Å². The van der Waals surface area contributed by atoms with Crippen LogP contribution in [0.2, 0.25) is 0 Å². The Morgan fingerprint density at radius 2 is 0.950 bits per heavy atom. The molecule has 0 saturated heterocycles. The number of allylic oxidation sites excluding steroid dienone is 2. The normalized spacial score (nSPS) is 12.2. The molecule has 0 heterocycles. The zero-order valence-electron chi connectivity index (χ0n) is 11.1. The molecule has 0 spiro atoms. The van der Waals surface area contributed by atoms with Crippen LogP contribution in [-0.4, -0.2) is 12.4 Å². The summed E-state index contributed by atoms with van der Waals surface area (Å²) in [5.74, 6) is 0. The van der Waals surface area contributed by atoms with E-state index in [1.807, 2.05) is 85.0 Å². The molecule has 0 bridgehead atoms. The molecule has 0 radical (unpaired) electrons. The summed E-state index contributed by atoms with van der Waals surface area (Å²) in [5, 5.41) is 7.85. The fraction of sp³-hybridized carbons (Fsp3) is 0. The first-order valence-electron chi connectivity index (χ1n) is 6.45. The van der Waals surface area contributed by atoms with Crippen molar-refractivity contribution in [2.75, 3.05) is 0 Å². The van der Waals surface area contributed by atoms with Gasteiger partial charge in [0, 0.05) is 12.4 Å². The van der Waals surface area contributed by atoms with Crippen LogP contribution in [0.4, 0.5) is 0 Å². The fourth-order valence-corrected chi connectivity index (χ4v) is 1.59. The molecule has 2 aromatic rings. The maximum atomic E-state index is 3.92. The Hall–Kier alpha value is -2.74. The molecule has 0 amide bonds. The number of benzene rings is 2. The second-order valence-electron chi connectivity index (χ2n) is 4.07. The highest BCUT2D eigenvalue weighted by molar-refractivity contribution is 5.81. The van der Waals surface area contributed by atoms with Crippen molar-refractivity contribution < 1.29 is 0 Å². The summed E-state index contributed by atoms with van der Waals surface area (Å²) in [5.41, 5.74) is 2.29. The minimum atomic E-state index is 1.15. The van der Waals surface area contributed by atoms with E-state index in [9.17, 15) is 0 Å². The third-order valence-corrected chi connectivity index (χ3v) is 2.55. The van der Waals surface area contributed by atoms with Gasteiger partial charge in [0.2, 0.25) is 0 Å². The van der Waals surface area contributed by atoms with E-state index in [1.54, 1.807) is 12.4 Å². The Balaban J connectivity index is 1.77. The molecule has 0 N–H and O–H groups in total. The smallest absolute Gasteiger partial charge is 0.0495 e. The second kappa shape index (κ2) is 8.38. The van der Waals surface area contributed by atoms with Crippen LogP contribution in [0.1, 0.15) is 11.1 Å². The van der Waals surface area contributed by atoms with Gasteiger partial charge in [-0.2, -0.15) is 10.2 Å². The Morgan fingerprint density at radius 3 is 1.35 bits per heavy atom. The molecule has 0 fully saturated rings. The molecule has 0 unspecified atom stereocenters. The third kappa shape index (κ3) is 5.27. The molecular weight excluding hydrogens is 244 g/mol. The van der Waals surface area contributed by atoms with E-state index in [0.29, 0.717) is 0 Å². The Bertz CT molecular complexity index is 551. The summed E-state index contributed by atoms with van der Waals surface area (Å²) < 4.78 is 0. The molecule has 0 aliphatic heterocycles. The number of hydrogen-bond donors (Lipinski definition) is 0. The lowest BCUT2D eigenvalue weighted by Gasteiger charge is -1.88. The van der Waals surface area contributed by atoms with Crippen LogP contribution in [0.3, 0.4) is 0 Å². The van der Waals surface area contributed by atoms with Crippen molar-refractivity contribution >= 4 is 24.6 Å². The van der Waals surface area contributed by atoms with Gasteiger partial charge >= 0.3 is 0 Å². The molecule has 0 atom stereocenters. The fourth-order valence-electron chi connectivity index (χ4n) is 1.59. The van der Waals surface area contributed by atoms with Crippen LogP contribution in [0.25, 0.3) is 12.2 Å². The van der Waals surface area contributed by atoms with Gasteiger partial charge in [-0.15, -0.1) is 0 Å². The summed E-state index contributed by atoms with van der Waals surface area (Å²) in [6.07, 6.45) is 11.0. The highest BCUT2D eigenvalue weighted by atomic mass is 15.2. The van der Waals surface area contributed by atoms with Gasteiger partial charge in [-0.05, 0) is 23.3 Å². The summed E-state index contributed by atoms with van der Waals surface area (Å²) in [4.78, 5) is 0. The van der Waals surface area contributed by atoms with E-state index in [-0.39, 0.29) is 0 Å². The van der Waals surface area contributed by atoms with Gasteiger partial charge < -0.3 is 0 Å². The van der Waals surface area contributed by atoms with Crippen LogP contribution in [0, 0.1) is 0 Å². The second-order valence-corrected chi connectivity index (χ2v) is 4.07. The number of hydrogen-bond acceptors (Lipinski definition) is 2. The van der Waals surface area contributed by atoms with Crippen LogP contribution < -0.4 is 0 Å². The maximum absolute atomic E-state index is 3.92. The van der Waals surface area contributed by atoms with E-state index in [2.05, 4.69) is 10.2 Å². The first-order chi connectivity index (χ1) is 9.95. The highest BCUT2D eigenvalue weighted by Crippen LogP contribution is 2.00. The largest absolute Gasteiger partial charge is 0.159 e. The predicted octanol–water partition coefficient (Wildman–Crippen LogP) is 4.47. The Kier molecular flexibility index (Phi) is 5.73. The van der Waals surface area contributed by atoms with Gasteiger partial charge in [0.1, 0.15) is 0 Å². The molecule has 0 saturated carbocycles. The summed E-state index contributed by atoms with van der Waals surface area (Å²) in [7, 11) is 0. The SMILES string of the molecule is C(=C/c1ccccc1)/C=N\N=C\C=C/c1ccccc1. The lowest BCUT2D eigenvalue weighted by Crippen LogP contribution is -1.70. The first kappa shape index (κ1) is 13.7. The molecule has 98 valence electrons. The average Bonchev–Trinajstić information content (AvgIpc) is 2.52. The number of nitrogens with zero attached hydrogens (tertiary/aromatic N) is 2. The van der Waals surface area contributed by atoms with E-state index in [4.69, 9.17) is 0 Å². The van der Waals surface area contributed by atoms with Gasteiger partial charge in [0.15, 0.2) is 0 Å². The first-order valence-corrected chi connectivity index (χ1v) is 6.45. The van der Waals surface area contributed by atoms with E-state index in [1.165, 1.54) is 0 Å². The van der Waals surface area contributed by atoms with E-state index < -0.39 is 0 Å². The molecule has 20 heavy (non-hydrogen) atoms. The minimum Gasteiger partial charge on any atom is -0.159 e. The van der Waals surface area contributed by atoms with Gasteiger partial charge in [-0.1, -0.05) is 72.8 Å². The maximum Gasteiger partial charge on any atom is 0.0495 e. The summed E-state index contributed by atoms with van der Waals surface area (Å²) >= 11 is 0. The summed E-state index contributed by atoms with van der Waals surface area (Å²) in [6.45, 7) is 0. The molecule has 2 heteroatoms. The molecule has 2 rings (SSSR count). The van der Waals surface area contributed by atoms with Crippen molar-refractivity contribution in [2.24, 2.45) is 10.2 Å². The van der Waals surface area contributed by atoms with Crippen molar-refractivity contribution in [1.82, 2.24) is 0 Å². The van der Waals surface area contributed by atoms with Crippen molar-refractivity contribution in [3.63, 3.8) is 0 Å². The zero-order valence-corrected chi connectivity index (χ0v) is 11.1. The van der Waals surface area contributed by atoms with Crippen LogP contribution in [0.5, 0.6) is 0 Å². The van der Waals surface area contributed by atoms with Crippen molar-refractivity contribution in [3.8, 4) is 0 Å².